The lowest BCUT2D eigenvalue weighted by atomic mass is 10.0. The summed E-state index contributed by atoms with van der Waals surface area (Å²) in [6, 6.07) is 11.7. The predicted molar refractivity (Wildman–Crippen MR) is 106 cm³/mol. The zero-order valence-electron chi connectivity index (χ0n) is 16.4. The highest BCUT2D eigenvalue weighted by Crippen LogP contribution is 2.36. The second-order valence-electron chi connectivity index (χ2n) is 6.66. The zero-order valence-corrected chi connectivity index (χ0v) is 16.4. The molecule has 8 nitrogen and oxygen atoms in total. The molecule has 0 saturated carbocycles. The molecule has 0 radical (unpaired) electrons. The minimum atomic E-state index is -4.82. The van der Waals surface area contributed by atoms with Crippen molar-refractivity contribution in [2.24, 2.45) is 0 Å². The molecule has 162 valence electrons. The smallest absolute Gasteiger partial charge is 0.434 e. The van der Waals surface area contributed by atoms with E-state index in [2.05, 4.69) is 20.0 Å². The van der Waals surface area contributed by atoms with Gasteiger partial charge in [-0.15, -0.1) is 13.2 Å². The topological polar surface area (TPSA) is 99.4 Å². The third kappa shape index (κ3) is 5.81. The molecule has 0 aliphatic rings. The van der Waals surface area contributed by atoms with Crippen LogP contribution in [0.15, 0.2) is 54.9 Å². The van der Waals surface area contributed by atoms with Crippen molar-refractivity contribution in [3.05, 3.63) is 70.5 Å². The number of ether oxygens (including phenoxy) is 2. The van der Waals surface area contributed by atoms with Crippen LogP contribution < -0.4 is 14.8 Å². The molecule has 0 spiro atoms. The van der Waals surface area contributed by atoms with E-state index in [1.165, 1.54) is 12.1 Å². The highest BCUT2D eigenvalue weighted by molar-refractivity contribution is 5.69. The molecular weight excluding hydrogens is 417 g/mol. The average molecular weight is 434 g/mol. The van der Waals surface area contributed by atoms with Gasteiger partial charge in [0.25, 0.3) is 0 Å². The van der Waals surface area contributed by atoms with Crippen LogP contribution in [0.4, 0.5) is 30.4 Å². The molecule has 0 aliphatic carbocycles. The van der Waals surface area contributed by atoms with E-state index in [4.69, 9.17) is 4.74 Å². The lowest BCUT2D eigenvalue weighted by molar-refractivity contribution is -0.385. The zero-order chi connectivity index (χ0) is 22.6. The van der Waals surface area contributed by atoms with Crippen molar-refractivity contribution in [2.45, 2.75) is 26.1 Å². The van der Waals surface area contributed by atoms with E-state index >= 15 is 0 Å². The van der Waals surface area contributed by atoms with Crippen molar-refractivity contribution in [2.75, 3.05) is 5.32 Å². The van der Waals surface area contributed by atoms with Gasteiger partial charge in [0.1, 0.15) is 17.8 Å². The van der Waals surface area contributed by atoms with Crippen molar-refractivity contribution in [3.63, 3.8) is 0 Å². The average Bonchev–Trinajstić information content (AvgIpc) is 2.69. The molecule has 0 aliphatic heterocycles. The first-order chi connectivity index (χ1) is 14.6. The molecule has 0 fully saturated rings. The number of hydrogen-bond acceptors (Lipinski definition) is 7. The van der Waals surface area contributed by atoms with Crippen LogP contribution in [0.2, 0.25) is 0 Å². The molecular formula is C20H17F3N4O4. The van der Waals surface area contributed by atoms with Crippen LogP contribution in [0, 0.1) is 10.1 Å². The van der Waals surface area contributed by atoms with E-state index in [1.807, 2.05) is 26.0 Å². The van der Waals surface area contributed by atoms with Crippen LogP contribution in [-0.2, 0) is 0 Å². The van der Waals surface area contributed by atoms with Gasteiger partial charge in [0, 0.05) is 5.69 Å². The number of benzene rings is 2. The molecule has 0 unspecified atom stereocenters. The van der Waals surface area contributed by atoms with Gasteiger partial charge in [-0.05, 0) is 47.9 Å². The lowest BCUT2D eigenvalue weighted by Crippen LogP contribution is -2.17. The highest BCUT2D eigenvalue weighted by Gasteiger charge is 2.31. The minimum Gasteiger partial charge on any atom is -0.434 e. The number of hydrogen-bond donors (Lipinski definition) is 1. The van der Waals surface area contributed by atoms with Crippen molar-refractivity contribution in [3.8, 4) is 17.4 Å². The maximum absolute atomic E-state index is 12.3. The lowest BCUT2D eigenvalue weighted by Gasteiger charge is -2.11. The summed E-state index contributed by atoms with van der Waals surface area (Å²) in [6.45, 7) is 4.07. The Balaban J connectivity index is 1.84. The van der Waals surface area contributed by atoms with Gasteiger partial charge >= 0.3 is 17.9 Å². The number of nitro groups is 1. The van der Waals surface area contributed by atoms with E-state index in [1.54, 1.807) is 12.1 Å². The summed E-state index contributed by atoms with van der Waals surface area (Å²) < 4.78 is 46.2. The maximum Gasteiger partial charge on any atom is 0.573 e. The summed E-state index contributed by atoms with van der Waals surface area (Å²) in [5.41, 5.74) is 0.805. The molecule has 1 heterocycles. The van der Waals surface area contributed by atoms with Gasteiger partial charge in [-0.3, -0.25) is 10.1 Å². The van der Waals surface area contributed by atoms with Crippen LogP contribution in [0.5, 0.6) is 17.4 Å². The Morgan fingerprint density at radius 3 is 2.16 bits per heavy atom. The Hall–Kier alpha value is -3.89. The fourth-order valence-electron chi connectivity index (χ4n) is 2.60. The van der Waals surface area contributed by atoms with Crippen molar-refractivity contribution in [1.29, 1.82) is 0 Å². The fourth-order valence-corrected chi connectivity index (χ4v) is 2.60. The van der Waals surface area contributed by atoms with Crippen LogP contribution in [0.3, 0.4) is 0 Å². The molecule has 0 bridgehead atoms. The number of nitrogens with one attached hydrogen (secondary N) is 1. The molecule has 3 rings (SSSR count). The van der Waals surface area contributed by atoms with Gasteiger partial charge in [-0.2, -0.15) is 4.98 Å². The standard InChI is InChI=1S/C20H17F3N4O4/c1-12(2)13-3-7-15(8-4-13)30-19-17(27(28)29)18(24-11-25-19)26-14-5-9-16(10-6-14)31-20(21,22)23/h3-12H,1-2H3,(H,24,25,26). The number of anilines is 2. The molecule has 0 amide bonds. The molecule has 0 atom stereocenters. The summed E-state index contributed by atoms with van der Waals surface area (Å²) >= 11 is 0. The Morgan fingerprint density at radius 1 is 1.00 bits per heavy atom. The van der Waals surface area contributed by atoms with Crippen molar-refractivity contribution < 1.29 is 27.6 Å². The summed E-state index contributed by atoms with van der Waals surface area (Å²) in [4.78, 5) is 18.6. The third-order valence-electron chi connectivity index (χ3n) is 4.08. The summed E-state index contributed by atoms with van der Waals surface area (Å²) in [5.74, 6) is -0.226. The Morgan fingerprint density at radius 2 is 1.61 bits per heavy atom. The number of aromatic nitrogens is 2. The van der Waals surface area contributed by atoms with Crippen molar-refractivity contribution in [1.82, 2.24) is 9.97 Å². The first-order valence-corrected chi connectivity index (χ1v) is 9.02. The van der Waals surface area contributed by atoms with Gasteiger partial charge in [0.2, 0.25) is 5.82 Å². The van der Waals surface area contributed by atoms with E-state index in [0.717, 1.165) is 24.0 Å². The number of halogens is 3. The maximum atomic E-state index is 12.3. The molecule has 31 heavy (non-hydrogen) atoms. The van der Waals surface area contributed by atoms with Crippen LogP contribution in [0.25, 0.3) is 0 Å². The Labute approximate surface area is 174 Å². The molecule has 2 aromatic carbocycles. The Bertz CT molecular complexity index is 1060. The number of rotatable bonds is 7. The Kier molecular flexibility index (Phi) is 6.23. The quantitative estimate of drug-likeness (QED) is 0.363. The predicted octanol–water partition coefficient (Wildman–Crippen LogP) is 5.94. The van der Waals surface area contributed by atoms with Gasteiger partial charge in [0.05, 0.1) is 4.92 Å². The normalized spacial score (nSPS) is 11.3. The van der Waals surface area contributed by atoms with E-state index in [-0.39, 0.29) is 17.4 Å². The minimum absolute atomic E-state index is 0.182. The van der Waals surface area contributed by atoms with Gasteiger partial charge < -0.3 is 14.8 Å². The first-order valence-electron chi connectivity index (χ1n) is 9.02. The fraction of sp³-hybridized carbons (Fsp3) is 0.200. The summed E-state index contributed by atoms with van der Waals surface area (Å²) in [6.07, 6.45) is -3.74. The van der Waals surface area contributed by atoms with Gasteiger partial charge in [0.15, 0.2) is 0 Å². The molecule has 1 N–H and O–H groups in total. The second-order valence-corrected chi connectivity index (χ2v) is 6.66. The number of alkyl halides is 3. The third-order valence-corrected chi connectivity index (χ3v) is 4.08. The van der Waals surface area contributed by atoms with Crippen LogP contribution >= 0.6 is 0 Å². The largest absolute Gasteiger partial charge is 0.573 e. The van der Waals surface area contributed by atoms with E-state index in [0.29, 0.717) is 11.7 Å². The molecule has 3 aromatic rings. The molecule has 0 saturated heterocycles. The van der Waals surface area contributed by atoms with Crippen molar-refractivity contribution >= 4 is 17.2 Å². The molecule has 11 heteroatoms. The molecule has 1 aromatic heterocycles. The second kappa shape index (κ2) is 8.86. The SMILES string of the molecule is CC(C)c1ccc(Oc2ncnc(Nc3ccc(OC(F)(F)F)cc3)c2[N+](=O)[O-])cc1. The first kappa shape index (κ1) is 21.8. The van der Waals surface area contributed by atoms with E-state index in [9.17, 15) is 23.3 Å². The van der Waals surface area contributed by atoms with Gasteiger partial charge in [-0.1, -0.05) is 26.0 Å². The monoisotopic (exact) mass is 434 g/mol. The van der Waals surface area contributed by atoms with Crippen LogP contribution in [0.1, 0.15) is 25.3 Å². The van der Waals surface area contributed by atoms with Gasteiger partial charge in [-0.25, -0.2) is 4.98 Å². The number of nitrogens with zero attached hydrogens (tertiary/aromatic N) is 3. The van der Waals surface area contributed by atoms with E-state index < -0.39 is 22.7 Å². The summed E-state index contributed by atoms with van der Waals surface area (Å²) in [7, 11) is 0. The highest BCUT2D eigenvalue weighted by atomic mass is 19.4. The van der Waals surface area contributed by atoms with Crippen LogP contribution in [-0.4, -0.2) is 21.3 Å². The summed E-state index contributed by atoms with van der Waals surface area (Å²) in [5, 5.41) is 14.3.